The highest BCUT2D eigenvalue weighted by atomic mass is 32.2. The lowest BCUT2D eigenvalue weighted by atomic mass is 10.1. The van der Waals surface area contributed by atoms with Crippen molar-refractivity contribution >= 4 is 21.6 Å². The summed E-state index contributed by atoms with van der Waals surface area (Å²) < 4.78 is 88.9. The minimum absolute atomic E-state index is 0.236. The standard InChI is InChI=1S/C16H14F5N3O3S/c17-11-2-1-3-12(18)14(11)15(25)24-7-6-23-13-5-4-9(28(22,26)27)8-10(13)16(19,20)21/h1-5,8,23H,6-7H2,(H,24,25)(H2,22,26,27). The van der Waals surface area contributed by atoms with E-state index in [1.807, 2.05) is 0 Å². The van der Waals surface area contributed by atoms with Gasteiger partial charge in [0.15, 0.2) is 0 Å². The second-order valence-electron chi connectivity index (χ2n) is 5.53. The first kappa shape index (κ1) is 21.6. The number of amides is 1. The number of rotatable bonds is 6. The van der Waals surface area contributed by atoms with Crippen LogP contribution in [-0.2, 0) is 16.2 Å². The molecule has 28 heavy (non-hydrogen) atoms. The topological polar surface area (TPSA) is 101 Å². The second-order valence-corrected chi connectivity index (χ2v) is 7.09. The fraction of sp³-hybridized carbons (Fsp3) is 0.188. The van der Waals surface area contributed by atoms with Crippen LogP contribution in [0.4, 0.5) is 27.6 Å². The highest BCUT2D eigenvalue weighted by Gasteiger charge is 2.34. The predicted octanol–water partition coefficient (Wildman–Crippen LogP) is 2.47. The molecule has 0 aliphatic rings. The molecule has 0 saturated heterocycles. The number of primary sulfonamides is 1. The van der Waals surface area contributed by atoms with Crippen molar-refractivity contribution in [1.82, 2.24) is 5.32 Å². The number of anilines is 1. The monoisotopic (exact) mass is 423 g/mol. The van der Waals surface area contributed by atoms with Crippen molar-refractivity contribution in [2.75, 3.05) is 18.4 Å². The van der Waals surface area contributed by atoms with Gasteiger partial charge in [0, 0.05) is 18.8 Å². The van der Waals surface area contributed by atoms with Crippen LogP contribution in [0, 0.1) is 11.6 Å². The minimum atomic E-state index is -4.87. The third-order valence-electron chi connectivity index (χ3n) is 3.54. The van der Waals surface area contributed by atoms with Crippen molar-refractivity contribution in [3.8, 4) is 0 Å². The van der Waals surface area contributed by atoms with E-state index in [2.05, 4.69) is 10.6 Å². The van der Waals surface area contributed by atoms with Gasteiger partial charge in [-0.2, -0.15) is 13.2 Å². The van der Waals surface area contributed by atoms with Crippen LogP contribution in [0.15, 0.2) is 41.3 Å². The normalized spacial score (nSPS) is 11.9. The van der Waals surface area contributed by atoms with Gasteiger partial charge in [-0.15, -0.1) is 0 Å². The minimum Gasteiger partial charge on any atom is -0.383 e. The molecule has 0 radical (unpaired) electrons. The van der Waals surface area contributed by atoms with Crippen molar-refractivity contribution in [3.63, 3.8) is 0 Å². The Morgan fingerprint density at radius 2 is 1.64 bits per heavy atom. The van der Waals surface area contributed by atoms with Gasteiger partial charge in [-0.05, 0) is 30.3 Å². The fourth-order valence-corrected chi connectivity index (χ4v) is 2.81. The molecule has 4 N–H and O–H groups in total. The van der Waals surface area contributed by atoms with Gasteiger partial charge < -0.3 is 10.6 Å². The number of carbonyl (C=O) groups excluding carboxylic acids is 1. The van der Waals surface area contributed by atoms with E-state index in [4.69, 9.17) is 5.14 Å². The van der Waals surface area contributed by atoms with Crippen molar-refractivity contribution in [1.29, 1.82) is 0 Å². The lowest BCUT2D eigenvalue weighted by Gasteiger charge is -2.16. The van der Waals surface area contributed by atoms with Gasteiger partial charge in [0.2, 0.25) is 10.0 Å². The van der Waals surface area contributed by atoms with E-state index in [-0.39, 0.29) is 13.1 Å². The molecule has 2 aromatic rings. The van der Waals surface area contributed by atoms with Gasteiger partial charge >= 0.3 is 6.18 Å². The Hall–Kier alpha value is -2.73. The molecule has 0 aromatic heterocycles. The molecule has 0 fully saturated rings. The Morgan fingerprint density at radius 3 is 2.18 bits per heavy atom. The van der Waals surface area contributed by atoms with E-state index in [1.165, 1.54) is 0 Å². The highest BCUT2D eigenvalue weighted by Crippen LogP contribution is 2.36. The van der Waals surface area contributed by atoms with Crippen LogP contribution in [0.3, 0.4) is 0 Å². The van der Waals surface area contributed by atoms with E-state index < -0.39 is 55.5 Å². The van der Waals surface area contributed by atoms with Gasteiger partial charge in [-0.25, -0.2) is 22.3 Å². The zero-order chi connectivity index (χ0) is 21.1. The number of nitrogens with two attached hydrogens (primary N) is 1. The highest BCUT2D eigenvalue weighted by molar-refractivity contribution is 7.89. The van der Waals surface area contributed by atoms with Gasteiger partial charge in [0.25, 0.3) is 5.91 Å². The lowest BCUT2D eigenvalue weighted by Crippen LogP contribution is -2.30. The Bertz CT molecular complexity index is 973. The third-order valence-corrected chi connectivity index (χ3v) is 4.45. The largest absolute Gasteiger partial charge is 0.418 e. The molecule has 2 rings (SSSR count). The molecule has 0 heterocycles. The molecule has 0 spiro atoms. The average Bonchev–Trinajstić information content (AvgIpc) is 2.57. The third kappa shape index (κ3) is 5.16. The molecule has 12 heteroatoms. The summed E-state index contributed by atoms with van der Waals surface area (Å²) in [5.74, 6) is -3.23. The van der Waals surface area contributed by atoms with E-state index in [0.717, 1.165) is 30.3 Å². The molecule has 0 saturated carbocycles. The van der Waals surface area contributed by atoms with Gasteiger partial charge in [0.1, 0.15) is 17.2 Å². The van der Waals surface area contributed by atoms with Crippen molar-refractivity contribution in [3.05, 3.63) is 59.2 Å². The van der Waals surface area contributed by atoms with Gasteiger partial charge in [-0.3, -0.25) is 4.79 Å². The van der Waals surface area contributed by atoms with Crippen molar-refractivity contribution < 1.29 is 35.2 Å². The van der Waals surface area contributed by atoms with Crippen LogP contribution in [0.5, 0.6) is 0 Å². The van der Waals surface area contributed by atoms with Crippen LogP contribution in [0.2, 0.25) is 0 Å². The predicted molar refractivity (Wildman–Crippen MR) is 90.0 cm³/mol. The van der Waals surface area contributed by atoms with E-state index in [0.29, 0.717) is 6.07 Å². The number of hydrogen-bond acceptors (Lipinski definition) is 4. The van der Waals surface area contributed by atoms with Crippen molar-refractivity contribution in [2.45, 2.75) is 11.1 Å². The Balaban J connectivity index is 2.08. The number of carbonyl (C=O) groups is 1. The summed E-state index contributed by atoms with van der Waals surface area (Å²) in [4.78, 5) is 11.1. The number of benzene rings is 2. The van der Waals surface area contributed by atoms with Crippen molar-refractivity contribution in [2.24, 2.45) is 5.14 Å². The quantitative estimate of drug-likeness (QED) is 0.491. The zero-order valence-electron chi connectivity index (χ0n) is 14.0. The first-order chi connectivity index (χ1) is 12.9. The summed E-state index contributed by atoms with van der Waals surface area (Å²) in [5.41, 5.74) is -2.53. The Labute approximate surface area is 156 Å². The van der Waals surface area contributed by atoms with E-state index in [9.17, 15) is 35.2 Å². The Kier molecular flexibility index (Phi) is 6.24. The summed E-state index contributed by atoms with van der Waals surface area (Å²) in [6.45, 7) is -0.500. The molecular formula is C16H14F5N3O3S. The summed E-state index contributed by atoms with van der Waals surface area (Å²) in [6.07, 6.45) is -4.87. The van der Waals surface area contributed by atoms with Crippen LogP contribution < -0.4 is 15.8 Å². The number of nitrogens with one attached hydrogen (secondary N) is 2. The summed E-state index contributed by atoms with van der Waals surface area (Å²) in [6, 6.07) is 5.00. The number of alkyl halides is 3. The van der Waals surface area contributed by atoms with Crippen LogP contribution in [0.25, 0.3) is 0 Å². The number of sulfonamides is 1. The molecular weight excluding hydrogens is 409 g/mol. The Morgan fingerprint density at radius 1 is 1.04 bits per heavy atom. The molecule has 0 unspecified atom stereocenters. The fourth-order valence-electron chi connectivity index (χ4n) is 2.27. The van der Waals surface area contributed by atoms with E-state index in [1.54, 1.807) is 0 Å². The lowest BCUT2D eigenvalue weighted by molar-refractivity contribution is -0.137. The first-order valence-corrected chi connectivity index (χ1v) is 9.16. The molecule has 1 amide bonds. The maximum absolute atomic E-state index is 13.5. The molecule has 6 nitrogen and oxygen atoms in total. The van der Waals surface area contributed by atoms with E-state index >= 15 is 0 Å². The number of hydrogen-bond donors (Lipinski definition) is 3. The van der Waals surface area contributed by atoms with Crippen LogP contribution in [0.1, 0.15) is 15.9 Å². The summed E-state index contributed by atoms with van der Waals surface area (Å²) in [5, 5.41) is 9.37. The van der Waals surface area contributed by atoms with Gasteiger partial charge in [-0.1, -0.05) is 6.07 Å². The molecule has 152 valence electrons. The molecule has 0 aliphatic heterocycles. The molecule has 0 aliphatic carbocycles. The first-order valence-electron chi connectivity index (χ1n) is 7.61. The number of halogens is 5. The van der Waals surface area contributed by atoms with Crippen LogP contribution in [-0.4, -0.2) is 27.4 Å². The van der Waals surface area contributed by atoms with Crippen LogP contribution >= 0.6 is 0 Å². The molecule has 0 atom stereocenters. The molecule has 2 aromatic carbocycles. The summed E-state index contributed by atoms with van der Waals surface area (Å²) >= 11 is 0. The second kappa shape index (κ2) is 8.10. The van der Waals surface area contributed by atoms with Gasteiger partial charge in [0.05, 0.1) is 10.5 Å². The smallest absolute Gasteiger partial charge is 0.383 e. The summed E-state index contributed by atoms with van der Waals surface area (Å²) in [7, 11) is -4.33. The zero-order valence-corrected chi connectivity index (χ0v) is 14.8. The maximum Gasteiger partial charge on any atom is 0.418 e. The SMILES string of the molecule is NS(=O)(=O)c1ccc(NCCNC(=O)c2c(F)cccc2F)c(C(F)(F)F)c1. The molecule has 0 bridgehead atoms. The maximum atomic E-state index is 13.5. The average molecular weight is 423 g/mol.